The third-order valence-corrected chi connectivity index (χ3v) is 2.83. The second-order valence-electron chi connectivity index (χ2n) is 3.90. The van der Waals surface area contributed by atoms with E-state index in [2.05, 4.69) is 0 Å². The minimum atomic E-state index is -0.0609. The molecule has 0 aromatic heterocycles. The van der Waals surface area contributed by atoms with Crippen molar-refractivity contribution in [3.63, 3.8) is 0 Å². The molecule has 0 bridgehead atoms. The van der Waals surface area contributed by atoms with E-state index in [1.165, 1.54) is 6.42 Å². The van der Waals surface area contributed by atoms with E-state index < -0.39 is 0 Å². The van der Waals surface area contributed by atoms with E-state index in [0.29, 0.717) is 25.0 Å². The molecule has 3 heteroatoms. The van der Waals surface area contributed by atoms with Crippen LogP contribution in [0.25, 0.3) is 0 Å². The summed E-state index contributed by atoms with van der Waals surface area (Å²) in [6, 6.07) is 0. The Bertz CT molecular complexity index is 179. The molecule has 1 aliphatic rings. The van der Waals surface area contributed by atoms with E-state index in [0.717, 1.165) is 19.3 Å². The van der Waals surface area contributed by atoms with E-state index in [1.54, 1.807) is 7.11 Å². The van der Waals surface area contributed by atoms with Gasteiger partial charge in [-0.2, -0.15) is 0 Å². The third-order valence-electron chi connectivity index (χ3n) is 2.83. The zero-order chi connectivity index (χ0) is 10.4. The molecular weight excluding hydrogens is 180 g/mol. The standard InChI is InChI=1S/C11H20O3/c1-3-14-11(12)8-9-5-4-6-10(7-9)13-2/h9-10H,3-8H2,1-2H3/t9-,10-/m1/s1. The summed E-state index contributed by atoms with van der Waals surface area (Å²) in [5.41, 5.74) is 0. The molecular formula is C11H20O3. The Morgan fingerprint density at radius 3 is 2.86 bits per heavy atom. The van der Waals surface area contributed by atoms with E-state index in [1.807, 2.05) is 6.92 Å². The Hall–Kier alpha value is -0.570. The summed E-state index contributed by atoms with van der Waals surface area (Å²) >= 11 is 0. The Kier molecular flexibility index (Phi) is 4.94. The third kappa shape index (κ3) is 3.66. The van der Waals surface area contributed by atoms with Crippen molar-refractivity contribution in [2.45, 2.75) is 45.1 Å². The van der Waals surface area contributed by atoms with Gasteiger partial charge in [-0.15, -0.1) is 0 Å². The Balaban J connectivity index is 2.26. The highest BCUT2D eigenvalue weighted by Gasteiger charge is 2.23. The molecule has 2 atom stereocenters. The van der Waals surface area contributed by atoms with Crippen molar-refractivity contribution < 1.29 is 14.3 Å². The lowest BCUT2D eigenvalue weighted by molar-refractivity contribution is -0.144. The first-order valence-corrected chi connectivity index (χ1v) is 5.44. The number of hydrogen-bond acceptors (Lipinski definition) is 3. The minimum Gasteiger partial charge on any atom is -0.466 e. The first-order valence-electron chi connectivity index (χ1n) is 5.44. The lowest BCUT2D eigenvalue weighted by Crippen LogP contribution is -2.24. The molecule has 82 valence electrons. The summed E-state index contributed by atoms with van der Waals surface area (Å²) in [5, 5.41) is 0. The van der Waals surface area contributed by atoms with E-state index >= 15 is 0 Å². The molecule has 1 fully saturated rings. The van der Waals surface area contributed by atoms with Crippen molar-refractivity contribution in [3.05, 3.63) is 0 Å². The largest absolute Gasteiger partial charge is 0.466 e. The summed E-state index contributed by atoms with van der Waals surface area (Å²) in [6.07, 6.45) is 5.36. The topological polar surface area (TPSA) is 35.5 Å². The van der Waals surface area contributed by atoms with Crippen LogP contribution in [0.3, 0.4) is 0 Å². The molecule has 0 heterocycles. The van der Waals surface area contributed by atoms with Crippen LogP contribution in [-0.4, -0.2) is 25.8 Å². The van der Waals surface area contributed by atoms with Crippen LogP contribution in [0.4, 0.5) is 0 Å². The fraction of sp³-hybridized carbons (Fsp3) is 0.909. The minimum absolute atomic E-state index is 0.0609. The number of carbonyl (C=O) groups is 1. The Labute approximate surface area is 85.8 Å². The maximum Gasteiger partial charge on any atom is 0.306 e. The predicted octanol–water partition coefficient (Wildman–Crippen LogP) is 2.14. The van der Waals surface area contributed by atoms with Crippen LogP contribution in [0, 0.1) is 5.92 Å². The highest BCUT2D eigenvalue weighted by Crippen LogP contribution is 2.28. The average Bonchev–Trinajstić information content (AvgIpc) is 2.18. The van der Waals surface area contributed by atoms with Crippen LogP contribution in [0.5, 0.6) is 0 Å². The van der Waals surface area contributed by atoms with Crippen LogP contribution in [0.15, 0.2) is 0 Å². The number of rotatable bonds is 4. The summed E-state index contributed by atoms with van der Waals surface area (Å²) in [7, 11) is 1.75. The highest BCUT2D eigenvalue weighted by atomic mass is 16.5. The van der Waals surface area contributed by atoms with E-state index in [-0.39, 0.29) is 5.97 Å². The van der Waals surface area contributed by atoms with Gasteiger partial charge in [-0.1, -0.05) is 6.42 Å². The second kappa shape index (κ2) is 6.02. The van der Waals surface area contributed by atoms with Gasteiger partial charge >= 0.3 is 5.97 Å². The van der Waals surface area contributed by atoms with Gasteiger partial charge in [-0.25, -0.2) is 0 Å². The number of ether oxygens (including phenoxy) is 2. The molecule has 0 radical (unpaired) electrons. The van der Waals surface area contributed by atoms with Gasteiger partial charge in [0.05, 0.1) is 12.7 Å². The van der Waals surface area contributed by atoms with Crippen LogP contribution in [0.2, 0.25) is 0 Å². The van der Waals surface area contributed by atoms with Crippen LogP contribution in [0.1, 0.15) is 39.0 Å². The summed E-state index contributed by atoms with van der Waals surface area (Å²) in [4.78, 5) is 11.2. The molecule has 0 aliphatic heterocycles. The summed E-state index contributed by atoms with van der Waals surface area (Å²) in [5.74, 6) is 0.405. The summed E-state index contributed by atoms with van der Waals surface area (Å²) < 4.78 is 10.2. The van der Waals surface area contributed by atoms with E-state index in [9.17, 15) is 4.79 Å². The molecule has 0 unspecified atom stereocenters. The first kappa shape index (κ1) is 11.5. The molecule has 0 amide bonds. The zero-order valence-electron chi connectivity index (χ0n) is 9.12. The van der Waals surface area contributed by atoms with Crippen molar-refractivity contribution in [3.8, 4) is 0 Å². The molecule has 1 aliphatic carbocycles. The lowest BCUT2D eigenvalue weighted by Gasteiger charge is -2.27. The SMILES string of the molecule is CCOC(=O)C[C@@H]1CCC[C@@H](OC)C1. The smallest absolute Gasteiger partial charge is 0.306 e. The number of hydrogen-bond donors (Lipinski definition) is 0. The van der Waals surface area contributed by atoms with Crippen molar-refractivity contribution in [1.29, 1.82) is 0 Å². The van der Waals surface area contributed by atoms with E-state index in [4.69, 9.17) is 9.47 Å². The number of methoxy groups -OCH3 is 1. The van der Waals surface area contributed by atoms with Gasteiger partial charge < -0.3 is 9.47 Å². The van der Waals surface area contributed by atoms with Crippen molar-refractivity contribution in [1.82, 2.24) is 0 Å². The second-order valence-corrected chi connectivity index (χ2v) is 3.90. The molecule has 0 aromatic carbocycles. The fourth-order valence-electron chi connectivity index (χ4n) is 2.10. The van der Waals surface area contributed by atoms with Gasteiger partial charge in [0, 0.05) is 13.5 Å². The molecule has 0 saturated heterocycles. The zero-order valence-corrected chi connectivity index (χ0v) is 9.12. The molecule has 0 aromatic rings. The van der Waals surface area contributed by atoms with Gasteiger partial charge in [-0.3, -0.25) is 4.79 Å². The van der Waals surface area contributed by atoms with Gasteiger partial charge in [0.2, 0.25) is 0 Å². The van der Waals surface area contributed by atoms with Crippen molar-refractivity contribution >= 4 is 5.97 Å². The van der Waals surface area contributed by atoms with Crippen molar-refractivity contribution in [2.75, 3.05) is 13.7 Å². The highest BCUT2D eigenvalue weighted by molar-refractivity contribution is 5.69. The van der Waals surface area contributed by atoms with Gasteiger partial charge in [0.1, 0.15) is 0 Å². The Morgan fingerprint density at radius 2 is 2.21 bits per heavy atom. The molecule has 14 heavy (non-hydrogen) atoms. The quantitative estimate of drug-likeness (QED) is 0.652. The molecule has 1 saturated carbocycles. The Morgan fingerprint density at radius 1 is 1.43 bits per heavy atom. The fourth-order valence-corrected chi connectivity index (χ4v) is 2.10. The van der Waals surface area contributed by atoms with Gasteiger partial charge in [0.25, 0.3) is 0 Å². The maximum absolute atomic E-state index is 11.2. The normalized spacial score (nSPS) is 27.3. The van der Waals surface area contributed by atoms with Crippen LogP contribution >= 0.6 is 0 Å². The first-order chi connectivity index (χ1) is 6.76. The van der Waals surface area contributed by atoms with Gasteiger partial charge in [0.15, 0.2) is 0 Å². The van der Waals surface area contributed by atoms with Crippen molar-refractivity contribution in [2.24, 2.45) is 5.92 Å². The van der Waals surface area contributed by atoms with Gasteiger partial charge in [-0.05, 0) is 32.1 Å². The predicted molar refractivity (Wildman–Crippen MR) is 54.0 cm³/mol. The number of esters is 1. The molecule has 0 spiro atoms. The lowest BCUT2D eigenvalue weighted by atomic mass is 9.85. The maximum atomic E-state index is 11.2. The molecule has 3 nitrogen and oxygen atoms in total. The van der Waals surface area contributed by atoms with Crippen LogP contribution < -0.4 is 0 Å². The molecule has 0 N–H and O–H groups in total. The average molecular weight is 200 g/mol. The number of carbonyl (C=O) groups excluding carboxylic acids is 1. The summed E-state index contributed by atoms with van der Waals surface area (Å²) in [6.45, 7) is 2.33. The monoisotopic (exact) mass is 200 g/mol. The molecule has 1 rings (SSSR count). The van der Waals surface area contributed by atoms with Crippen LogP contribution in [-0.2, 0) is 14.3 Å².